The molecule has 2 rings (SSSR count). The summed E-state index contributed by atoms with van der Waals surface area (Å²) in [7, 11) is 0. The Morgan fingerprint density at radius 2 is 2.13 bits per heavy atom. The summed E-state index contributed by atoms with van der Waals surface area (Å²) < 4.78 is 46.0. The molecule has 9 heteroatoms. The topological polar surface area (TPSA) is 59.6 Å². The van der Waals surface area contributed by atoms with Gasteiger partial charge in [0.25, 0.3) is 0 Å². The number of carbonyl (C=O) groups is 1. The van der Waals surface area contributed by atoms with Crippen molar-refractivity contribution in [1.82, 2.24) is 10.6 Å². The molecule has 2 N–H and O–H groups in total. The highest BCUT2D eigenvalue weighted by atomic mass is 35.5. The van der Waals surface area contributed by atoms with Gasteiger partial charge >= 0.3 is 6.36 Å². The number of morpholine rings is 1. The third-order valence-electron chi connectivity index (χ3n) is 3.13. The van der Waals surface area contributed by atoms with Crippen LogP contribution in [0, 0.1) is 0 Å². The maximum atomic E-state index is 12.3. The highest BCUT2D eigenvalue weighted by Crippen LogP contribution is 2.26. The molecule has 0 bridgehead atoms. The summed E-state index contributed by atoms with van der Waals surface area (Å²) in [4.78, 5) is 11.8. The van der Waals surface area contributed by atoms with E-state index >= 15 is 0 Å². The van der Waals surface area contributed by atoms with E-state index in [0.717, 1.165) is 0 Å². The lowest BCUT2D eigenvalue weighted by Crippen LogP contribution is -2.51. The molecule has 0 saturated carbocycles. The molecule has 1 atom stereocenters. The standard InChI is InChI=1S/C14H17F3N2O3.ClH/c15-14(16,17)22-12-4-2-1-3-10(12)5-6-19-13(20)11-9-21-8-7-18-11;/h1-4,11,18H,5-9H2,(H,19,20);1H. The minimum absolute atomic E-state index is 0. The predicted octanol–water partition coefficient (Wildman–Crippen LogP) is 1.65. The summed E-state index contributed by atoms with van der Waals surface area (Å²) in [6.07, 6.45) is -4.49. The Kier molecular flexibility index (Phi) is 7.60. The van der Waals surface area contributed by atoms with Crippen molar-refractivity contribution in [2.45, 2.75) is 18.8 Å². The molecule has 1 aliphatic heterocycles. The van der Waals surface area contributed by atoms with Crippen molar-refractivity contribution in [2.24, 2.45) is 0 Å². The molecule has 1 aliphatic rings. The molecule has 130 valence electrons. The smallest absolute Gasteiger partial charge is 0.406 e. The molecule has 23 heavy (non-hydrogen) atoms. The van der Waals surface area contributed by atoms with Gasteiger partial charge in [0.2, 0.25) is 5.91 Å². The van der Waals surface area contributed by atoms with Crippen molar-refractivity contribution in [3.05, 3.63) is 29.8 Å². The summed E-state index contributed by atoms with van der Waals surface area (Å²) in [5.74, 6) is -0.475. The Bertz CT molecular complexity index is 508. The summed E-state index contributed by atoms with van der Waals surface area (Å²) in [5, 5.41) is 5.67. The van der Waals surface area contributed by atoms with E-state index in [-0.39, 0.29) is 37.0 Å². The molecule has 1 aromatic carbocycles. The van der Waals surface area contributed by atoms with Crippen LogP contribution in [0.2, 0.25) is 0 Å². The van der Waals surface area contributed by atoms with Crippen molar-refractivity contribution in [1.29, 1.82) is 0 Å². The second-order valence-electron chi connectivity index (χ2n) is 4.78. The molecule has 0 radical (unpaired) electrons. The van der Waals surface area contributed by atoms with E-state index < -0.39 is 12.4 Å². The van der Waals surface area contributed by atoms with Crippen molar-refractivity contribution in [3.8, 4) is 5.75 Å². The number of hydrogen-bond donors (Lipinski definition) is 2. The van der Waals surface area contributed by atoms with E-state index in [4.69, 9.17) is 4.74 Å². The van der Waals surface area contributed by atoms with Crippen molar-refractivity contribution < 1.29 is 27.4 Å². The second-order valence-corrected chi connectivity index (χ2v) is 4.78. The molecular formula is C14H18ClF3N2O3. The average molecular weight is 355 g/mol. The number of hydrogen-bond acceptors (Lipinski definition) is 4. The molecule has 0 spiro atoms. The second kappa shape index (κ2) is 8.95. The van der Waals surface area contributed by atoms with Crippen LogP contribution >= 0.6 is 12.4 Å². The van der Waals surface area contributed by atoms with Gasteiger partial charge in [-0.15, -0.1) is 25.6 Å². The van der Waals surface area contributed by atoms with Gasteiger partial charge < -0.3 is 20.1 Å². The SMILES string of the molecule is Cl.O=C(NCCc1ccccc1OC(F)(F)F)C1COCCN1. The normalized spacial score (nSPS) is 18.0. The molecule has 1 unspecified atom stereocenters. The van der Waals surface area contributed by atoms with Crippen LogP contribution in [0.1, 0.15) is 5.56 Å². The molecule has 0 aromatic heterocycles. The molecule has 1 aromatic rings. The monoisotopic (exact) mass is 354 g/mol. The van der Waals surface area contributed by atoms with Gasteiger partial charge in [0.1, 0.15) is 11.8 Å². The van der Waals surface area contributed by atoms with Crippen LogP contribution in [0.4, 0.5) is 13.2 Å². The van der Waals surface area contributed by atoms with Crippen LogP contribution in [-0.2, 0) is 16.0 Å². The lowest BCUT2D eigenvalue weighted by molar-refractivity contribution is -0.274. The minimum Gasteiger partial charge on any atom is -0.406 e. The minimum atomic E-state index is -4.73. The van der Waals surface area contributed by atoms with Crippen LogP contribution < -0.4 is 15.4 Å². The third kappa shape index (κ3) is 6.64. The number of ether oxygens (including phenoxy) is 2. The van der Waals surface area contributed by atoms with Gasteiger partial charge in [-0.1, -0.05) is 18.2 Å². The summed E-state index contributed by atoms with van der Waals surface area (Å²) >= 11 is 0. The Hall–Kier alpha value is -1.51. The van der Waals surface area contributed by atoms with E-state index in [1.54, 1.807) is 6.07 Å². The van der Waals surface area contributed by atoms with Gasteiger partial charge in [-0.25, -0.2) is 0 Å². The molecule has 1 amide bonds. The fourth-order valence-corrected chi connectivity index (χ4v) is 2.11. The number of para-hydroxylation sites is 1. The maximum Gasteiger partial charge on any atom is 0.573 e. The van der Waals surface area contributed by atoms with Gasteiger partial charge in [-0.2, -0.15) is 0 Å². The first-order valence-electron chi connectivity index (χ1n) is 6.88. The molecule has 1 fully saturated rings. The van der Waals surface area contributed by atoms with Crippen molar-refractivity contribution in [3.63, 3.8) is 0 Å². The molecule has 0 aliphatic carbocycles. The van der Waals surface area contributed by atoms with Crippen molar-refractivity contribution >= 4 is 18.3 Å². The summed E-state index contributed by atoms with van der Waals surface area (Å²) in [6, 6.07) is 5.45. The molecule has 1 heterocycles. The number of rotatable bonds is 5. The summed E-state index contributed by atoms with van der Waals surface area (Å²) in [6.45, 7) is 1.67. The Morgan fingerprint density at radius 3 is 2.78 bits per heavy atom. The van der Waals surface area contributed by atoms with Gasteiger partial charge in [-0.3, -0.25) is 4.79 Å². The molecule has 5 nitrogen and oxygen atoms in total. The van der Waals surface area contributed by atoms with Gasteiger partial charge in [0.15, 0.2) is 0 Å². The van der Waals surface area contributed by atoms with E-state index in [0.29, 0.717) is 25.3 Å². The number of amides is 1. The zero-order chi connectivity index (χ0) is 16.0. The number of carbonyl (C=O) groups excluding carboxylic acids is 1. The van der Waals surface area contributed by atoms with E-state index in [1.807, 2.05) is 0 Å². The highest BCUT2D eigenvalue weighted by Gasteiger charge is 2.31. The quantitative estimate of drug-likeness (QED) is 0.844. The highest BCUT2D eigenvalue weighted by molar-refractivity contribution is 5.85. The maximum absolute atomic E-state index is 12.3. The Balaban J connectivity index is 0.00000264. The van der Waals surface area contributed by atoms with E-state index in [2.05, 4.69) is 15.4 Å². The number of alkyl halides is 3. The van der Waals surface area contributed by atoms with E-state index in [1.165, 1.54) is 18.2 Å². The van der Waals surface area contributed by atoms with E-state index in [9.17, 15) is 18.0 Å². The zero-order valence-corrected chi connectivity index (χ0v) is 13.0. The van der Waals surface area contributed by atoms with Gasteiger partial charge in [-0.05, 0) is 18.1 Å². The lowest BCUT2D eigenvalue weighted by atomic mass is 10.1. The lowest BCUT2D eigenvalue weighted by Gasteiger charge is -2.23. The van der Waals surface area contributed by atoms with Crippen LogP contribution in [0.3, 0.4) is 0 Å². The Morgan fingerprint density at radius 1 is 1.39 bits per heavy atom. The zero-order valence-electron chi connectivity index (χ0n) is 12.2. The number of benzene rings is 1. The average Bonchev–Trinajstić information content (AvgIpc) is 2.48. The predicted molar refractivity (Wildman–Crippen MR) is 79.7 cm³/mol. The Labute approximate surface area is 137 Å². The first-order valence-corrected chi connectivity index (χ1v) is 6.88. The number of halogens is 4. The van der Waals surface area contributed by atoms with Crippen LogP contribution in [-0.4, -0.2) is 44.6 Å². The fourth-order valence-electron chi connectivity index (χ4n) is 2.11. The van der Waals surface area contributed by atoms with Crippen LogP contribution in [0.15, 0.2) is 24.3 Å². The summed E-state index contributed by atoms with van der Waals surface area (Å²) in [5.41, 5.74) is 0.382. The molecule has 1 saturated heterocycles. The third-order valence-corrected chi connectivity index (χ3v) is 3.13. The van der Waals surface area contributed by atoms with Crippen LogP contribution in [0.25, 0.3) is 0 Å². The van der Waals surface area contributed by atoms with Gasteiger partial charge in [0, 0.05) is 13.1 Å². The molecular weight excluding hydrogens is 337 g/mol. The largest absolute Gasteiger partial charge is 0.573 e. The first kappa shape index (κ1) is 19.5. The fraction of sp³-hybridized carbons (Fsp3) is 0.500. The van der Waals surface area contributed by atoms with Crippen LogP contribution in [0.5, 0.6) is 5.75 Å². The van der Waals surface area contributed by atoms with Crippen molar-refractivity contribution in [2.75, 3.05) is 26.3 Å². The van der Waals surface area contributed by atoms with Gasteiger partial charge in [0.05, 0.1) is 13.2 Å². The number of nitrogens with one attached hydrogen (secondary N) is 2. The first-order chi connectivity index (χ1) is 10.5.